The highest BCUT2D eigenvalue weighted by Gasteiger charge is 2.36. The van der Waals surface area contributed by atoms with Crippen molar-refractivity contribution < 1.29 is 23.5 Å². The van der Waals surface area contributed by atoms with E-state index in [2.05, 4.69) is 5.32 Å². The molecule has 0 radical (unpaired) electrons. The number of anilines is 1. The summed E-state index contributed by atoms with van der Waals surface area (Å²) in [5, 5.41) is 3.20. The lowest BCUT2D eigenvalue weighted by atomic mass is 10.1. The molecule has 8 heteroatoms. The number of benzene rings is 1. The molecule has 7 nitrogen and oxygen atoms in total. The van der Waals surface area contributed by atoms with Crippen LogP contribution in [0.5, 0.6) is 0 Å². The van der Waals surface area contributed by atoms with Crippen molar-refractivity contribution in [3.8, 4) is 0 Å². The molecule has 0 saturated carbocycles. The van der Waals surface area contributed by atoms with E-state index in [1.807, 2.05) is 0 Å². The van der Waals surface area contributed by atoms with Crippen LogP contribution in [0.15, 0.2) is 47.1 Å². The van der Waals surface area contributed by atoms with Gasteiger partial charge in [0, 0.05) is 23.7 Å². The molecular weight excluding hydrogens is 372 g/mol. The minimum Gasteiger partial charge on any atom is -0.467 e. The number of carbonyl (C=O) groups excluding carboxylic acids is 3. The van der Waals surface area contributed by atoms with Gasteiger partial charge in [0.05, 0.1) is 18.7 Å². The van der Waals surface area contributed by atoms with E-state index in [9.17, 15) is 14.4 Å². The average molecular weight is 391 g/mol. The summed E-state index contributed by atoms with van der Waals surface area (Å²) in [5.41, 5.74) is 0.549. The van der Waals surface area contributed by atoms with Crippen LogP contribution in [-0.4, -0.2) is 35.3 Å². The zero-order valence-electron chi connectivity index (χ0n) is 14.7. The Labute approximate surface area is 161 Å². The lowest BCUT2D eigenvalue weighted by Crippen LogP contribution is -2.33. The second-order valence-corrected chi connectivity index (χ2v) is 6.77. The zero-order valence-corrected chi connectivity index (χ0v) is 15.4. The van der Waals surface area contributed by atoms with Gasteiger partial charge < -0.3 is 19.4 Å². The van der Waals surface area contributed by atoms with Gasteiger partial charge in [0.1, 0.15) is 5.76 Å². The van der Waals surface area contributed by atoms with E-state index in [1.165, 1.54) is 13.2 Å². The minimum atomic E-state index is -0.984. The summed E-state index contributed by atoms with van der Waals surface area (Å²) in [5.74, 6) is -1.12. The summed E-state index contributed by atoms with van der Waals surface area (Å²) in [4.78, 5) is 38.1. The van der Waals surface area contributed by atoms with Gasteiger partial charge in [-0.25, -0.2) is 0 Å². The smallest absolute Gasteiger partial charge is 0.312 e. The molecule has 1 fully saturated rings. The molecule has 2 atom stereocenters. The largest absolute Gasteiger partial charge is 0.467 e. The number of halogens is 1. The number of likely N-dealkylation sites (tertiary alicyclic amines) is 1. The molecule has 2 heterocycles. The Balaban J connectivity index is 1.51. The molecule has 2 amide bonds. The maximum Gasteiger partial charge on any atom is 0.312 e. The van der Waals surface area contributed by atoms with Crippen molar-refractivity contribution in [1.82, 2.24) is 4.90 Å². The number of esters is 1. The quantitative estimate of drug-likeness (QED) is 0.766. The fourth-order valence-corrected chi connectivity index (χ4v) is 2.90. The van der Waals surface area contributed by atoms with Crippen molar-refractivity contribution in [2.75, 3.05) is 11.9 Å². The van der Waals surface area contributed by atoms with Gasteiger partial charge >= 0.3 is 5.97 Å². The Bertz CT molecular complexity index is 819. The third-order valence-corrected chi connectivity index (χ3v) is 4.50. The van der Waals surface area contributed by atoms with Crippen molar-refractivity contribution in [3.05, 3.63) is 53.4 Å². The van der Waals surface area contributed by atoms with Crippen molar-refractivity contribution in [1.29, 1.82) is 0 Å². The summed E-state index contributed by atoms with van der Waals surface area (Å²) < 4.78 is 10.5. The number of carbonyl (C=O) groups is 3. The first-order valence-electron chi connectivity index (χ1n) is 8.49. The molecule has 0 spiro atoms. The van der Waals surface area contributed by atoms with Gasteiger partial charge in [0.25, 0.3) is 5.91 Å². The van der Waals surface area contributed by atoms with Gasteiger partial charge in [-0.2, -0.15) is 0 Å². The summed E-state index contributed by atoms with van der Waals surface area (Å²) in [6.45, 7) is 2.03. The molecule has 1 aliphatic heterocycles. The number of amides is 2. The highest BCUT2D eigenvalue weighted by atomic mass is 35.5. The van der Waals surface area contributed by atoms with E-state index >= 15 is 0 Å². The fourth-order valence-electron chi connectivity index (χ4n) is 2.77. The van der Waals surface area contributed by atoms with E-state index in [4.69, 9.17) is 20.8 Å². The average Bonchev–Trinajstić information content (AvgIpc) is 3.27. The zero-order chi connectivity index (χ0) is 19.4. The summed E-state index contributed by atoms with van der Waals surface area (Å²) in [6.07, 6.45) is 0.607. The molecule has 1 aliphatic rings. The van der Waals surface area contributed by atoms with Gasteiger partial charge in [-0.15, -0.1) is 0 Å². The van der Waals surface area contributed by atoms with Crippen molar-refractivity contribution in [2.24, 2.45) is 5.92 Å². The summed E-state index contributed by atoms with van der Waals surface area (Å²) >= 11 is 5.80. The number of rotatable bonds is 6. The van der Waals surface area contributed by atoms with Gasteiger partial charge in [-0.05, 0) is 43.3 Å². The molecule has 1 aromatic heterocycles. The highest BCUT2D eigenvalue weighted by molar-refractivity contribution is 6.30. The Kier molecular flexibility index (Phi) is 5.81. The van der Waals surface area contributed by atoms with Gasteiger partial charge in [-0.1, -0.05) is 11.6 Å². The Morgan fingerprint density at radius 3 is 2.74 bits per heavy atom. The van der Waals surface area contributed by atoms with Crippen molar-refractivity contribution in [3.63, 3.8) is 0 Å². The number of ether oxygens (including phenoxy) is 1. The first kappa shape index (κ1) is 19.0. The van der Waals surface area contributed by atoms with E-state index in [0.717, 1.165) is 0 Å². The fraction of sp³-hybridized carbons (Fsp3) is 0.316. The molecule has 3 rings (SSSR count). The van der Waals surface area contributed by atoms with E-state index in [-0.39, 0.29) is 18.9 Å². The topological polar surface area (TPSA) is 88.9 Å². The predicted octanol–water partition coefficient (Wildman–Crippen LogP) is 2.85. The third kappa shape index (κ3) is 4.89. The Morgan fingerprint density at radius 2 is 2.07 bits per heavy atom. The molecule has 1 N–H and O–H groups in total. The molecule has 27 heavy (non-hydrogen) atoms. The maximum atomic E-state index is 12.3. The van der Waals surface area contributed by atoms with Crippen LogP contribution in [0, 0.1) is 5.92 Å². The van der Waals surface area contributed by atoms with Gasteiger partial charge in [0.2, 0.25) is 5.91 Å². The predicted molar refractivity (Wildman–Crippen MR) is 97.9 cm³/mol. The second kappa shape index (κ2) is 8.26. The third-order valence-electron chi connectivity index (χ3n) is 4.25. The van der Waals surface area contributed by atoms with Crippen LogP contribution in [-0.2, 0) is 25.7 Å². The monoisotopic (exact) mass is 390 g/mol. The normalized spacial score (nSPS) is 17.6. The van der Waals surface area contributed by atoms with Crippen LogP contribution in [0.1, 0.15) is 19.1 Å². The first-order valence-corrected chi connectivity index (χ1v) is 8.87. The van der Waals surface area contributed by atoms with Crippen LogP contribution in [0.2, 0.25) is 5.02 Å². The van der Waals surface area contributed by atoms with Crippen molar-refractivity contribution in [2.45, 2.75) is 26.0 Å². The molecule has 1 saturated heterocycles. The lowest BCUT2D eigenvalue weighted by Gasteiger charge is -2.17. The van der Waals surface area contributed by atoms with Gasteiger partial charge in [0.15, 0.2) is 6.10 Å². The van der Waals surface area contributed by atoms with E-state index < -0.39 is 23.9 Å². The van der Waals surface area contributed by atoms with E-state index in [1.54, 1.807) is 41.3 Å². The molecule has 0 aliphatic carbocycles. The number of nitrogens with zero attached hydrogens (tertiary/aromatic N) is 1. The van der Waals surface area contributed by atoms with Crippen LogP contribution < -0.4 is 5.32 Å². The number of nitrogens with one attached hydrogen (secondary N) is 1. The second-order valence-electron chi connectivity index (χ2n) is 6.33. The number of furan rings is 1. The molecular formula is C19H19ClN2O5. The van der Waals surface area contributed by atoms with E-state index in [0.29, 0.717) is 23.0 Å². The Morgan fingerprint density at radius 1 is 1.33 bits per heavy atom. The lowest BCUT2D eigenvalue weighted by molar-refractivity contribution is -0.157. The Hall–Kier alpha value is -2.80. The summed E-state index contributed by atoms with van der Waals surface area (Å²) in [6, 6.07) is 10.1. The van der Waals surface area contributed by atoms with Crippen molar-refractivity contribution >= 4 is 35.1 Å². The first-order chi connectivity index (χ1) is 12.9. The molecule has 142 valence electrons. The maximum absolute atomic E-state index is 12.3. The standard InChI is InChI=1S/C19H19ClN2O5/c1-12(18(24)21-15-6-4-14(20)5-7-15)27-19(25)13-9-17(23)22(10-13)11-16-3-2-8-26-16/h2-8,12-13H,9-11H2,1H3,(H,21,24)/t12-,13-/m1/s1. The van der Waals surface area contributed by atoms with Crippen LogP contribution in [0.4, 0.5) is 5.69 Å². The summed E-state index contributed by atoms with van der Waals surface area (Å²) in [7, 11) is 0. The van der Waals surface area contributed by atoms with Gasteiger partial charge in [-0.3, -0.25) is 14.4 Å². The highest BCUT2D eigenvalue weighted by Crippen LogP contribution is 2.22. The molecule has 1 aromatic carbocycles. The number of hydrogen-bond acceptors (Lipinski definition) is 5. The SMILES string of the molecule is C[C@@H](OC(=O)[C@@H]1CC(=O)N(Cc2ccco2)C1)C(=O)Nc1ccc(Cl)cc1. The molecule has 0 unspecified atom stereocenters. The van der Waals surface area contributed by atoms with Crippen LogP contribution in [0.3, 0.4) is 0 Å². The minimum absolute atomic E-state index is 0.0606. The molecule has 0 bridgehead atoms. The van der Waals surface area contributed by atoms with Crippen LogP contribution >= 0.6 is 11.6 Å². The van der Waals surface area contributed by atoms with Crippen LogP contribution in [0.25, 0.3) is 0 Å². The molecule has 2 aromatic rings. The number of hydrogen-bond donors (Lipinski definition) is 1.